The zero-order valence-electron chi connectivity index (χ0n) is 15.7. The summed E-state index contributed by atoms with van der Waals surface area (Å²) >= 11 is 2.14. The van der Waals surface area contributed by atoms with Gasteiger partial charge in [-0.3, -0.25) is 4.99 Å². The van der Waals surface area contributed by atoms with Crippen LogP contribution in [0, 0.1) is 6.92 Å². The fourth-order valence-corrected chi connectivity index (χ4v) is 3.84. The fraction of sp³-hybridized carbons (Fsp3) is 0.500. The van der Waals surface area contributed by atoms with Gasteiger partial charge in [-0.15, -0.1) is 22.7 Å². The summed E-state index contributed by atoms with van der Waals surface area (Å²) in [5, 5.41) is 7.94. The Morgan fingerprint density at radius 3 is 2.68 bits per heavy atom. The topological polar surface area (TPSA) is 88.5 Å². The number of ether oxygens (including phenoxy) is 1. The first kappa shape index (κ1) is 22.1. The third-order valence-electron chi connectivity index (χ3n) is 3.47. The normalized spacial score (nSPS) is 13.3. The Hall–Kier alpha value is -2.21. The SMILES string of the molecule is CCOC(=O)c1sc(C(C)NC(=NC)NCc2nc(C(F)(F)F)cs2)nc1C. The molecule has 2 aromatic rings. The molecule has 0 fully saturated rings. The van der Waals surface area contributed by atoms with Crippen molar-refractivity contribution >= 4 is 34.6 Å². The molecule has 2 heterocycles. The Morgan fingerprint density at radius 1 is 1.39 bits per heavy atom. The van der Waals surface area contributed by atoms with E-state index in [9.17, 15) is 18.0 Å². The lowest BCUT2D eigenvalue weighted by Gasteiger charge is -2.15. The lowest BCUT2D eigenvalue weighted by atomic mass is 10.3. The molecule has 12 heteroatoms. The molecular formula is C16H20F3N5O2S2. The highest BCUT2D eigenvalue weighted by atomic mass is 32.1. The minimum Gasteiger partial charge on any atom is -0.462 e. The van der Waals surface area contributed by atoms with E-state index in [0.717, 1.165) is 16.7 Å². The number of alkyl halides is 3. The number of aryl methyl sites for hydroxylation is 1. The minimum absolute atomic E-state index is 0.0953. The van der Waals surface area contributed by atoms with Gasteiger partial charge in [-0.05, 0) is 20.8 Å². The van der Waals surface area contributed by atoms with Gasteiger partial charge in [-0.2, -0.15) is 13.2 Å². The first-order valence-electron chi connectivity index (χ1n) is 8.28. The average Bonchev–Trinajstić information content (AvgIpc) is 3.25. The quantitative estimate of drug-likeness (QED) is 0.410. The Morgan fingerprint density at radius 2 is 2.11 bits per heavy atom. The smallest absolute Gasteiger partial charge is 0.434 e. The molecule has 0 amide bonds. The van der Waals surface area contributed by atoms with Crippen LogP contribution >= 0.6 is 22.7 Å². The van der Waals surface area contributed by atoms with Gasteiger partial charge >= 0.3 is 12.1 Å². The third kappa shape index (κ3) is 5.64. The van der Waals surface area contributed by atoms with Crippen LogP contribution in [0.15, 0.2) is 10.4 Å². The molecule has 0 spiro atoms. The van der Waals surface area contributed by atoms with Crippen LogP contribution in [0.25, 0.3) is 0 Å². The number of rotatable bonds is 6. The predicted molar refractivity (Wildman–Crippen MR) is 102 cm³/mol. The van der Waals surface area contributed by atoms with E-state index in [0.29, 0.717) is 21.5 Å². The average molecular weight is 435 g/mol. The van der Waals surface area contributed by atoms with Crippen LogP contribution in [0.3, 0.4) is 0 Å². The number of halogens is 3. The number of esters is 1. The molecule has 0 aliphatic rings. The van der Waals surface area contributed by atoms with Gasteiger partial charge in [0.2, 0.25) is 0 Å². The molecule has 7 nitrogen and oxygen atoms in total. The second-order valence-electron chi connectivity index (χ2n) is 5.60. The molecule has 0 aliphatic carbocycles. The van der Waals surface area contributed by atoms with Crippen molar-refractivity contribution in [1.82, 2.24) is 20.6 Å². The van der Waals surface area contributed by atoms with Crippen LogP contribution in [-0.2, 0) is 17.5 Å². The van der Waals surface area contributed by atoms with E-state index in [1.807, 2.05) is 6.92 Å². The Labute approximate surface area is 168 Å². The van der Waals surface area contributed by atoms with Crippen LogP contribution in [0.2, 0.25) is 0 Å². The summed E-state index contributed by atoms with van der Waals surface area (Å²) in [6.45, 7) is 5.67. The van der Waals surface area contributed by atoms with Crippen LogP contribution < -0.4 is 10.6 Å². The summed E-state index contributed by atoms with van der Waals surface area (Å²) in [6, 6.07) is -0.278. The maximum absolute atomic E-state index is 12.6. The second-order valence-corrected chi connectivity index (χ2v) is 7.58. The van der Waals surface area contributed by atoms with E-state index in [2.05, 4.69) is 25.6 Å². The van der Waals surface area contributed by atoms with Crippen molar-refractivity contribution in [3.8, 4) is 0 Å². The molecule has 1 atom stereocenters. The highest BCUT2D eigenvalue weighted by molar-refractivity contribution is 7.13. The van der Waals surface area contributed by atoms with E-state index >= 15 is 0 Å². The number of thiazole rings is 2. The Kier molecular flexibility index (Phi) is 7.35. The van der Waals surface area contributed by atoms with Gasteiger partial charge in [-0.25, -0.2) is 14.8 Å². The summed E-state index contributed by atoms with van der Waals surface area (Å²) in [4.78, 5) is 24.4. The molecule has 154 valence electrons. The molecule has 0 aromatic carbocycles. The molecule has 0 aliphatic heterocycles. The van der Waals surface area contributed by atoms with Gasteiger partial charge < -0.3 is 15.4 Å². The number of carbonyl (C=O) groups excluding carboxylic acids is 1. The van der Waals surface area contributed by atoms with Crippen molar-refractivity contribution < 1.29 is 22.7 Å². The molecule has 0 saturated carbocycles. The van der Waals surface area contributed by atoms with E-state index in [4.69, 9.17) is 4.74 Å². The van der Waals surface area contributed by atoms with Crippen molar-refractivity contribution in [3.63, 3.8) is 0 Å². The van der Waals surface area contributed by atoms with Crippen molar-refractivity contribution in [3.05, 3.63) is 31.7 Å². The van der Waals surface area contributed by atoms with E-state index in [1.165, 1.54) is 11.3 Å². The molecular weight excluding hydrogens is 415 g/mol. The standard InChI is InChI=1S/C16H20F3N5O2S2/c1-5-26-14(25)12-8(2)22-13(28-12)9(3)23-15(20-4)21-6-11-24-10(7-27-11)16(17,18)19/h7,9H,5-6H2,1-4H3,(H2,20,21,23). The fourth-order valence-electron chi connectivity index (χ4n) is 2.13. The maximum atomic E-state index is 12.6. The molecule has 0 radical (unpaired) electrons. The number of nitrogens with one attached hydrogen (secondary N) is 2. The Bertz CT molecular complexity index is 848. The number of hydrogen-bond acceptors (Lipinski definition) is 7. The number of hydrogen-bond donors (Lipinski definition) is 2. The zero-order valence-corrected chi connectivity index (χ0v) is 17.3. The molecule has 28 heavy (non-hydrogen) atoms. The van der Waals surface area contributed by atoms with E-state index < -0.39 is 17.8 Å². The molecule has 2 aromatic heterocycles. The van der Waals surface area contributed by atoms with Gasteiger partial charge in [0.15, 0.2) is 11.7 Å². The van der Waals surface area contributed by atoms with E-state index in [-0.39, 0.29) is 24.2 Å². The first-order chi connectivity index (χ1) is 13.2. The van der Waals surface area contributed by atoms with Gasteiger partial charge in [0.1, 0.15) is 14.9 Å². The second kappa shape index (κ2) is 9.32. The van der Waals surface area contributed by atoms with Crippen molar-refractivity contribution in [1.29, 1.82) is 0 Å². The number of nitrogens with zero attached hydrogens (tertiary/aromatic N) is 3. The first-order valence-corrected chi connectivity index (χ1v) is 9.98. The lowest BCUT2D eigenvalue weighted by Crippen LogP contribution is -2.38. The number of aromatic nitrogens is 2. The third-order valence-corrected chi connectivity index (χ3v) is 5.64. The molecule has 0 saturated heterocycles. The number of carbonyl (C=O) groups is 1. The van der Waals surface area contributed by atoms with Gasteiger partial charge in [0.25, 0.3) is 0 Å². The van der Waals surface area contributed by atoms with Crippen molar-refractivity contribution in [2.24, 2.45) is 4.99 Å². The number of guanidine groups is 1. The molecule has 2 N–H and O–H groups in total. The van der Waals surface area contributed by atoms with Gasteiger partial charge in [0.05, 0.1) is 24.9 Å². The molecule has 2 rings (SSSR count). The number of aliphatic imine (C=N–C) groups is 1. The van der Waals surface area contributed by atoms with Crippen LogP contribution in [-0.4, -0.2) is 35.6 Å². The van der Waals surface area contributed by atoms with Gasteiger partial charge in [-0.1, -0.05) is 0 Å². The molecule has 0 bridgehead atoms. The monoisotopic (exact) mass is 435 g/mol. The maximum Gasteiger partial charge on any atom is 0.434 e. The van der Waals surface area contributed by atoms with Crippen LogP contribution in [0.5, 0.6) is 0 Å². The van der Waals surface area contributed by atoms with Crippen molar-refractivity contribution in [2.45, 2.75) is 39.5 Å². The van der Waals surface area contributed by atoms with Crippen molar-refractivity contribution in [2.75, 3.05) is 13.7 Å². The Balaban J connectivity index is 1.98. The lowest BCUT2D eigenvalue weighted by molar-refractivity contribution is -0.140. The van der Waals surface area contributed by atoms with Gasteiger partial charge in [0, 0.05) is 12.4 Å². The van der Waals surface area contributed by atoms with E-state index in [1.54, 1.807) is 20.9 Å². The largest absolute Gasteiger partial charge is 0.462 e. The molecule has 1 unspecified atom stereocenters. The summed E-state index contributed by atoms with van der Waals surface area (Å²) in [7, 11) is 1.54. The minimum atomic E-state index is -4.46. The zero-order chi connectivity index (χ0) is 20.9. The van der Waals surface area contributed by atoms with Crippen LogP contribution in [0.1, 0.15) is 51.0 Å². The summed E-state index contributed by atoms with van der Waals surface area (Å²) in [6.07, 6.45) is -4.46. The summed E-state index contributed by atoms with van der Waals surface area (Å²) < 4.78 is 42.9. The predicted octanol–water partition coefficient (Wildman–Crippen LogP) is 3.53. The van der Waals surface area contributed by atoms with Crippen LogP contribution in [0.4, 0.5) is 13.2 Å². The summed E-state index contributed by atoms with van der Waals surface area (Å²) in [5.41, 5.74) is -0.326. The highest BCUT2D eigenvalue weighted by Crippen LogP contribution is 2.30. The summed E-state index contributed by atoms with van der Waals surface area (Å²) in [5.74, 6) is -0.0375. The highest BCUT2D eigenvalue weighted by Gasteiger charge is 2.33.